The fourth-order valence-corrected chi connectivity index (χ4v) is 3.89. The lowest BCUT2D eigenvalue weighted by atomic mass is 9.93. The quantitative estimate of drug-likeness (QED) is 0.789. The number of aromatic nitrogens is 6. The molecule has 0 aliphatic carbocycles. The first kappa shape index (κ1) is 15.6. The van der Waals surface area contributed by atoms with Gasteiger partial charge in [0.2, 0.25) is 10.1 Å². The number of hydrogen-bond acceptors (Lipinski definition) is 6. The van der Waals surface area contributed by atoms with Gasteiger partial charge in [0.15, 0.2) is 5.82 Å². The molecule has 0 aromatic carbocycles. The molecular weight excluding hydrogens is 322 g/mol. The Hall–Kier alpha value is -1.96. The monoisotopic (exact) mass is 345 g/mol. The summed E-state index contributed by atoms with van der Waals surface area (Å²) in [7, 11) is 0. The molecule has 0 fully saturated rings. The molecule has 0 spiro atoms. The average Bonchev–Trinajstić information content (AvgIpc) is 3.17. The number of anilines is 1. The van der Waals surface area contributed by atoms with Crippen molar-refractivity contribution in [3.05, 3.63) is 23.5 Å². The van der Waals surface area contributed by atoms with Gasteiger partial charge in [-0.1, -0.05) is 32.1 Å². The second kappa shape index (κ2) is 5.54. The first-order valence-electron chi connectivity index (χ1n) is 8.47. The van der Waals surface area contributed by atoms with Crippen LogP contribution in [0.15, 0.2) is 6.20 Å². The van der Waals surface area contributed by atoms with Crippen molar-refractivity contribution in [1.82, 2.24) is 29.4 Å². The summed E-state index contributed by atoms with van der Waals surface area (Å²) in [5.74, 6) is 2.10. The molecule has 4 heterocycles. The second-order valence-electron chi connectivity index (χ2n) is 7.46. The molecule has 7 nitrogen and oxygen atoms in total. The van der Waals surface area contributed by atoms with Crippen LogP contribution in [0.3, 0.4) is 0 Å². The maximum absolute atomic E-state index is 4.69. The predicted octanol–water partition coefficient (Wildman–Crippen LogP) is 3.19. The molecule has 1 unspecified atom stereocenters. The largest absolute Gasteiger partial charge is 0.350 e. The number of nitrogens with one attached hydrogen (secondary N) is 1. The molecule has 1 atom stereocenters. The van der Waals surface area contributed by atoms with Crippen molar-refractivity contribution in [2.45, 2.75) is 65.0 Å². The van der Waals surface area contributed by atoms with Gasteiger partial charge < -0.3 is 9.88 Å². The molecule has 8 heteroatoms. The Morgan fingerprint density at radius 2 is 2.08 bits per heavy atom. The van der Waals surface area contributed by atoms with Gasteiger partial charge in [-0.05, 0) is 19.8 Å². The van der Waals surface area contributed by atoms with Crippen molar-refractivity contribution in [3.63, 3.8) is 0 Å². The van der Waals surface area contributed by atoms with Crippen LogP contribution >= 0.6 is 11.3 Å². The third-order valence-corrected chi connectivity index (χ3v) is 5.28. The maximum atomic E-state index is 4.69. The minimum absolute atomic E-state index is 0.0366. The van der Waals surface area contributed by atoms with Gasteiger partial charge in [-0.3, -0.25) is 0 Å². The van der Waals surface area contributed by atoms with Crippen molar-refractivity contribution in [2.24, 2.45) is 0 Å². The summed E-state index contributed by atoms with van der Waals surface area (Å²) >= 11 is 1.57. The van der Waals surface area contributed by atoms with Crippen LogP contribution in [0.1, 0.15) is 63.9 Å². The van der Waals surface area contributed by atoms with Gasteiger partial charge in [0.05, 0.1) is 17.9 Å². The van der Waals surface area contributed by atoms with Crippen LogP contribution in [-0.2, 0) is 18.4 Å². The zero-order valence-corrected chi connectivity index (χ0v) is 15.4. The first-order valence-corrected chi connectivity index (χ1v) is 9.28. The smallest absolute Gasteiger partial charge is 0.214 e. The van der Waals surface area contributed by atoms with Gasteiger partial charge in [0, 0.05) is 18.4 Å². The van der Waals surface area contributed by atoms with E-state index in [0.29, 0.717) is 0 Å². The van der Waals surface area contributed by atoms with Gasteiger partial charge in [0.1, 0.15) is 5.82 Å². The lowest BCUT2D eigenvalue weighted by Crippen LogP contribution is -2.18. The molecule has 0 bridgehead atoms. The molecule has 0 saturated carbocycles. The molecule has 128 valence electrons. The van der Waals surface area contributed by atoms with Crippen LogP contribution in [0.25, 0.3) is 4.96 Å². The minimum Gasteiger partial charge on any atom is -0.350 e. The number of fused-ring (bicyclic) bond motifs is 2. The highest BCUT2D eigenvalue weighted by Gasteiger charge is 2.22. The summed E-state index contributed by atoms with van der Waals surface area (Å²) in [6.45, 7) is 9.61. The number of nitrogens with zero attached hydrogens (tertiary/aromatic N) is 6. The Balaban J connectivity index is 1.55. The summed E-state index contributed by atoms with van der Waals surface area (Å²) in [6.07, 6.45) is 5.45. The second-order valence-corrected chi connectivity index (χ2v) is 8.42. The topological polar surface area (TPSA) is 72.9 Å². The van der Waals surface area contributed by atoms with E-state index in [2.05, 4.69) is 52.9 Å². The number of rotatable bonds is 3. The Labute approximate surface area is 145 Å². The van der Waals surface area contributed by atoms with Gasteiger partial charge in [-0.25, -0.2) is 9.50 Å². The van der Waals surface area contributed by atoms with Crippen LogP contribution in [0, 0.1) is 0 Å². The van der Waals surface area contributed by atoms with Gasteiger partial charge in [-0.15, -0.1) is 15.3 Å². The van der Waals surface area contributed by atoms with Crippen molar-refractivity contribution in [2.75, 3.05) is 5.32 Å². The molecule has 1 aliphatic heterocycles. The number of hydrogen-bond donors (Lipinski definition) is 1. The highest BCUT2D eigenvalue weighted by Crippen LogP contribution is 2.28. The molecule has 0 saturated heterocycles. The fraction of sp³-hybridized carbons (Fsp3) is 0.625. The molecule has 24 heavy (non-hydrogen) atoms. The van der Waals surface area contributed by atoms with Crippen LogP contribution in [0.5, 0.6) is 0 Å². The zero-order chi connectivity index (χ0) is 16.9. The van der Waals surface area contributed by atoms with E-state index in [4.69, 9.17) is 4.98 Å². The summed E-state index contributed by atoms with van der Waals surface area (Å²) < 4.78 is 4.11. The SMILES string of the molecule is CC(Nc1nn2cc(C(C)(C)C)nc2s1)c1nnc2n1CCCC2. The average molecular weight is 345 g/mol. The highest BCUT2D eigenvalue weighted by atomic mass is 32.1. The minimum atomic E-state index is 0.0366. The number of imidazole rings is 1. The molecule has 0 amide bonds. The van der Waals surface area contributed by atoms with Gasteiger partial charge >= 0.3 is 0 Å². The van der Waals surface area contributed by atoms with Gasteiger partial charge in [-0.2, -0.15) is 0 Å². The van der Waals surface area contributed by atoms with E-state index < -0.39 is 0 Å². The molecule has 3 aromatic rings. The van der Waals surface area contributed by atoms with E-state index >= 15 is 0 Å². The van der Waals surface area contributed by atoms with Crippen molar-refractivity contribution in [3.8, 4) is 0 Å². The summed E-state index contributed by atoms with van der Waals surface area (Å²) in [6, 6.07) is 0.0716. The van der Waals surface area contributed by atoms with Gasteiger partial charge in [0.25, 0.3) is 0 Å². The van der Waals surface area contributed by atoms with E-state index in [-0.39, 0.29) is 11.5 Å². The fourth-order valence-electron chi connectivity index (χ4n) is 3.02. The molecule has 4 rings (SSSR count). The molecule has 0 radical (unpaired) electrons. The van der Waals surface area contributed by atoms with E-state index in [0.717, 1.165) is 40.4 Å². The molecule has 1 aliphatic rings. The van der Waals surface area contributed by atoms with Crippen molar-refractivity contribution < 1.29 is 0 Å². The highest BCUT2D eigenvalue weighted by molar-refractivity contribution is 7.20. The van der Waals surface area contributed by atoms with Crippen LogP contribution < -0.4 is 5.32 Å². The van der Waals surface area contributed by atoms with E-state index in [1.807, 2.05) is 10.7 Å². The maximum Gasteiger partial charge on any atom is 0.214 e. The summed E-state index contributed by atoms with van der Waals surface area (Å²) in [5.41, 5.74) is 1.10. The molecule has 1 N–H and O–H groups in total. The summed E-state index contributed by atoms with van der Waals surface area (Å²) in [5, 5.41) is 17.6. The van der Waals surface area contributed by atoms with E-state index in [1.165, 1.54) is 12.8 Å². The molecular formula is C16H23N7S. The third kappa shape index (κ3) is 2.68. The van der Waals surface area contributed by atoms with E-state index in [1.54, 1.807) is 11.3 Å². The first-order chi connectivity index (χ1) is 11.4. The van der Waals surface area contributed by atoms with Crippen molar-refractivity contribution in [1.29, 1.82) is 0 Å². The Morgan fingerprint density at radius 1 is 1.25 bits per heavy atom. The van der Waals surface area contributed by atoms with Crippen molar-refractivity contribution >= 4 is 21.4 Å². The third-order valence-electron chi connectivity index (χ3n) is 4.43. The predicted molar refractivity (Wildman–Crippen MR) is 94.6 cm³/mol. The molecule has 3 aromatic heterocycles. The zero-order valence-electron chi connectivity index (χ0n) is 14.6. The standard InChI is InChI=1S/C16H23N7S/c1-10(13-20-19-12-7-5-6-8-22(12)13)17-14-21-23-9-11(16(2,3)4)18-15(23)24-14/h9-10H,5-8H2,1-4H3,(H,17,21). The lowest BCUT2D eigenvalue weighted by molar-refractivity contribution is 0.500. The Morgan fingerprint density at radius 3 is 2.83 bits per heavy atom. The van der Waals surface area contributed by atoms with Crippen LogP contribution in [0.2, 0.25) is 0 Å². The van der Waals surface area contributed by atoms with E-state index in [9.17, 15) is 0 Å². The normalized spacial score (nSPS) is 16.3. The van der Waals surface area contributed by atoms with Crippen LogP contribution in [0.4, 0.5) is 5.13 Å². The Kier molecular flexibility index (Phi) is 3.59. The van der Waals surface area contributed by atoms with Crippen LogP contribution in [-0.4, -0.2) is 29.4 Å². The summed E-state index contributed by atoms with van der Waals surface area (Å²) in [4.78, 5) is 5.61. The number of aryl methyl sites for hydroxylation is 1. The lowest BCUT2D eigenvalue weighted by Gasteiger charge is -2.18. The Bertz CT molecular complexity index is 835.